The molecule has 0 heterocycles. The maximum absolute atomic E-state index is 12.5. The van der Waals surface area contributed by atoms with Gasteiger partial charge in [-0.1, -0.05) is 51.1 Å². The molecule has 0 aliphatic heterocycles. The molecule has 0 aliphatic carbocycles. The summed E-state index contributed by atoms with van der Waals surface area (Å²) in [7, 11) is 0. The van der Waals surface area contributed by atoms with Gasteiger partial charge in [-0.05, 0) is 17.9 Å². The van der Waals surface area contributed by atoms with Gasteiger partial charge in [0.25, 0.3) is 0 Å². The second kappa shape index (κ2) is 6.55. The molecule has 0 aromatic heterocycles. The Morgan fingerprint density at radius 3 is 2.15 bits per heavy atom. The van der Waals surface area contributed by atoms with Gasteiger partial charge in [0.1, 0.15) is 5.92 Å². The number of benzene rings is 1. The third-order valence-electron chi connectivity index (χ3n) is 3.27. The lowest BCUT2D eigenvalue weighted by Gasteiger charge is -2.31. The third kappa shape index (κ3) is 4.08. The molecule has 0 aliphatic rings. The standard InChI is InChI=1S/C16H23NO3/c1-5-17(11-12-9-7-6-8-10-12)14(18)13(15(19)20)16(2,3)4/h6-10,13H,5,11H2,1-4H3,(H,19,20). The summed E-state index contributed by atoms with van der Waals surface area (Å²) in [5.41, 5.74) is 0.397. The van der Waals surface area contributed by atoms with E-state index in [0.29, 0.717) is 13.1 Å². The molecule has 4 heteroatoms. The molecule has 1 aromatic rings. The number of carboxylic acids is 1. The Hall–Kier alpha value is -1.84. The molecule has 0 saturated heterocycles. The van der Waals surface area contributed by atoms with Crippen molar-refractivity contribution in [2.24, 2.45) is 11.3 Å². The van der Waals surface area contributed by atoms with Crippen molar-refractivity contribution in [2.45, 2.75) is 34.2 Å². The Kier molecular flexibility index (Phi) is 5.31. The number of carbonyl (C=O) groups is 2. The van der Waals surface area contributed by atoms with Crippen molar-refractivity contribution >= 4 is 11.9 Å². The van der Waals surface area contributed by atoms with Gasteiger partial charge in [-0.25, -0.2) is 0 Å². The Morgan fingerprint density at radius 2 is 1.75 bits per heavy atom. The smallest absolute Gasteiger partial charge is 0.316 e. The zero-order valence-electron chi connectivity index (χ0n) is 12.6. The summed E-state index contributed by atoms with van der Waals surface area (Å²) >= 11 is 0. The second-order valence-electron chi connectivity index (χ2n) is 5.98. The molecule has 0 fully saturated rings. The predicted octanol–water partition coefficient (Wildman–Crippen LogP) is 2.78. The van der Waals surface area contributed by atoms with Crippen molar-refractivity contribution in [2.75, 3.05) is 6.54 Å². The van der Waals surface area contributed by atoms with E-state index >= 15 is 0 Å². The lowest BCUT2D eigenvalue weighted by atomic mass is 9.79. The minimum Gasteiger partial charge on any atom is -0.481 e. The van der Waals surface area contributed by atoms with Gasteiger partial charge >= 0.3 is 5.97 Å². The highest BCUT2D eigenvalue weighted by atomic mass is 16.4. The summed E-state index contributed by atoms with van der Waals surface area (Å²) < 4.78 is 0. The van der Waals surface area contributed by atoms with Crippen molar-refractivity contribution in [3.05, 3.63) is 35.9 Å². The Bertz CT molecular complexity index is 462. The molecular formula is C16H23NO3. The zero-order valence-corrected chi connectivity index (χ0v) is 12.6. The first-order chi connectivity index (χ1) is 9.27. The summed E-state index contributed by atoms with van der Waals surface area (Å²) in [6.07, 6.45) is 0. The first-order valence-electron chi connectivity index (χ1n) is 6.83. The minimum absolute atomic E-state index is 0.323. The molecule has 0 radical (unpaired) electrons. The molecule has 0 spiro atoms. The van der Waals surface area contributed by atoms with Crippen LogP contribution in [0.25, 0.3) is 0 Å². The van der Waals surface area contributed by atoms with Gasteiger partial charge in [0.2, 0.25) is 5.91 Å². The quantitative estimate of drug-likeness (QED) is 0.842. The van der Waals surface area contributed by atoms with Crippen LogP contribution >= 0.6 is 0 Å². The molecule has 1 rings (SSSR count). The molecule has 20 heavy (non-hydrogen) atoms. The van der Waals surface area contributed by atoms with Crippen LogP contribution in [0.1, 0.15) is 33.3 Å². The lowest BCUT2D eigenvalue weighted by Crippen LogP contribution is -2.44. The molecule has 0 bridgehead atoms. The topological polar surface area (TPSA) is 57.6 Å². The van der Waals surface area contributed by atoms with Crippen molar-refractivity contribution < 1.29 is 14.7 Å². The fraction of sp³-hybridized carbons (Fsp3) is 0.500. The van der Waals surface area contributed by atoms with Crippen LogP contribution in [0.4, 0.5) is 0 Å². The molecule has 110 valence electrons. The molecular weight excluding hydrogens is 254 g/mol. The number of hydrogen-bond acceptors (Lipinski definition) is 2. The van der Waals surface area contributed by atoms with Gasteiger partial charge < -0.3 is 10.0 Å². The Labute approximate surface area is 120 Å². The summed E-state index contributed by atoms with van der Waals surface area (Å²) in [4.78, 5) is 25.5. The highest BCUT2D eigenvalue weighted by molar-refractivity contribution is 5.97. The molecule has 0 saturated carbocycles. The summed E-state index contributed by atoms with van der Waals surface area (Å²) in [5.74, 6) is -2.41. The van der Waals surface area contributed by atoms with E-state index in [0.717, 1.165) is 5.56 Å². The third-order valence-corrected chi connectivity index (χ3v) is 3.27. The highest BCUT2D eigenvalue weighted by Crippen LogP contribution is 2.28. The van der Waals surface area contributed by atoms with Gasteiger partial charge in [0, 0.05) is 13.1 Å². The normalized spacial score (nSPS) is 12.8. The first kappa shape index (κ1) is 16.2. The average Bonchev–Trinajstić information content (AvgIpc) is 2.34. The first-order valence-corrected chi connectivity index (χ1v) is 6.83. The largest absolute Gasteiger partial charge is 0.481 e. The van der Waals surface area contributed by atoms with Gasteiger partial charge in [-0.2, -0.15) is 0 Å². The van der Waals surface area contributed by atoms with E-state index in [4.69, 9.17) is 0 Å². The van der Waals surface area contributed by atoms with Crippen LogP contribution in [0.15, 0.2) is 30.3 Å². The summed E-state index contributed by atoms with van der Waals surface area (Å²) in [6, 6.07) is 9.60. The fourth-order valence-electron chi connectivity index (χ4n) is 2.18. The number of aliphatic carboxylic acids is 1. The van der Waals surface area contributed by atoms with E-state index in [1.54, 1.807) is 25.7 Å². The van der Waals surface area contributed by atoms with Crippen LogP contribution in [-0.4, -0.2) is 28.4 Å². The van der Waals surface area contributed by atoms with Gasteiger partial charge in [0.05, 0.1) is 0 Å². The van der Waals surface area contributed by atoms with E-state index in [-0.39, 0.29) is 5.91 Å². The molecule has 4 nitrogen and oxygen atoms in total. The maximum atomic E-state index is 12.5. The molecule has 1 aromatic carbocycles. The fourth-order valence-corrected chi connectivity index (χ4v) is 2.18. The zero-order chi connectivity index (χ0) is 15.3. The molecule has 1 amide bonds. The van der Waals surface area contributed by atoms with Crippen LogP contribution in [0.3, 0.4) is 0 Å². The number of carbonyl (C=O) groups excluding carboxylic acids is 1. The van der Waals surface area contributed by atoms with Gasteiger partial charge in [-0.3, -0.25) is 9.59 Å². The van der Waals surface area contributed by atoms with E-state index in [9.17, 15) is 14.7 Å². The van der Waals surface area contributed by atoms with Crippen LogP contribution in [0, 0.1) is 11.3 Å². The van der Waals surface area contributed by atoms with E-state index in [1.165, 1.54) is 0 Å². The SMILES string of the molecule is CCN(Cc1ccccc1)C(=O)C(C(=O)O)C(C)(C)C. The second-order valence-corrected chi connectivity index (χ2v) is 5.98. The number of hydrogen-bond donors (Lipinski definition) is 1. The molecule has 1 atom stereocenters. The summed E-state index contributed by atoms with van der Waals surface area (Å²) in [5, 5.41) is 9.34. The van der Waals surface area contributed by atoms with Gasteiger partial charge in [0.15, 0.2) is 0 Å². The van der Waals surface area contributed by atoms with E-state index in [2.05, 4.69) is 0 Å². The maximum Gasteiger partial charge on any atom is 0.316 e. The number of nitrogens with zero attached hydrogens (tertiary/aromatic N) is 1. The predicted molar refractivity (Wildman–Crippen MR) is 78.1 cm³/mol. The van der Waals surface area contributed by atoms with Crippen LogP contribution in [0.2, 0.25) is 0 Å². The average molecular weight is 277 g/mol. The van der Waals surface area contributed by atoms with Crippen molar-refractivity contribution in [3.63, 3.8) is 0 Å². The van der Waals surface area contributed by atoms with E-state index in [1.807, 2.05) is 37.3 Å². The van der Waals surface area contributed by atoms with Crippen molar-refractivity contribution in [1.82, 2.24) is 4.90 Å². The number of carboxylic acid groups (broad SMARTS) is 1. The Balaban J connectivity index is 2.93. The monoisotopic (exact) mass is 277 g/mol. The molecule has 1 unspecified atom stereocenters. The number of amides is 1. The van der Waals surface area contributed by atoms with Crippen molar-refractivity contribution in [1.29, 1.82) is 0 Å². The minimum atomic E-state index is -1.06. The van der Waals surface area contributed by atoms with Crippen LogP contribution in [-0.2, 0) is 16.1 Å². The van der Waals surface area contributed by atoms with E-state index < -0.39 is 17.3 Å². The Morgan fingerprint density at radius 1 is 1.20 bits per heavy atom. The summed E-state index contributed by atoms with van der Waals surface area (Å²) in [6.45, 7) is 8.13. The lowest BCUT2D eigenvalue weighted by molar-refractivity contribution is -0.156. The van der Waals surface area contributed by atoms with Crippen LogP contribution in [0.5, 0.6) is 0 Å². The molecule has 1 N–H and O–H groups in total. The van der Waals surface area contributed by atoms with Gasteiger partial charge in [-0.15, -0.1) is 0 Å². The van der Waals surface area contributed by atoms with Crippen molar-refractivity contribution in [3.8, 4) is 0 Å². The van der Waals surface area contributed by atoms with Crippen LogP contribution < -0.4 is 0 Å². The highest BCUT2D eigenvalue weighted by Gasteiger charge is 2.39. The number of rotatable bonds is 5.